The highest BCUT2D eigenvalue weighted by Crippen LogP contribution is 2.21. The van der Waals surface area contributed by atoms with Gasteiger partial charge in [0.25, 0.3) is 5.91 Å². The van der Waals surface area contributed by atoms with Crippen molar-refractivity contribution in [2.75, 3.05) is 13.1 Å². The number of carbonyl (C=O) groups is 3. The number of imide groups is 1. The lowest BCUT2D eigenvalue weighted by molar-refractivity contribution is -0.133. The highest BCUT2D eigenvalue weighted by Gasteiger charge is 2.43. The van der Waals surface area contributed by atoms with Gasteiger partial charge in [-0.15, -0.1) is 0 Å². The molecule has 25 heavy (non-hydrogen) atoms. The van der Waals surface area contributed by atoms with Crippen molar-refractivity contribution in [1.82, 2.24) is 24.9 Å². The third-order valence-electron chi connectivity index (χ3n) is 4.87. The van der Waals surface area contributed by atoms with Crippen LogP contribution in [0.25, 0.3) is 0 Å². The van der Waals surface area contributed by atoms with Gasteiger partial charge in [-0.25, -0.2) is 4.79 Å². The molecule has 1 aromatic rings. The van der Waals surface area contributed by atoms with Crippen molar-refractivity contribution in [3.05, 3.63) is 18.5 Å². The summed E-state index contributed by atoms with van der Waals surface area (Å²) in [6, 6.07) is 1.67. The molecule has 2 aliphatic heterocycles. The molecule has 1 atom stereocenters. The Morgan fingerprint density at radius 1 is 1.40 bits per heavy atom. The molecule has 3 rings (SSSR count). The molecule has 8 heteroatoms. The molecule has 2 aliphatic rings. The van der Waals surface area contributed by atoms with Crippen LogP contribution in [-0.2, 0) is 16.1 Å². The first-order valence-corrected chi connectivity index (χ1v) is 8.79. The fourth-order valence-electron chi connectivity index (χ4n) is 3.53. The Morgan fingerprint density at radius 2 is 2.20 bits per heavy atom. The van der Waals surface area contributed by atoms with Crippen molar-refractivity contribution in [2.24, 2.45) is 0 Å². The van der Waals surface area contributed by atoms with Crippen LogP contribution < -0.4 is 5.32 Å². The van der Waals surface area contributed by atoms with Gasteiger partial charge in [-0.05, 0) is 39.2 Å². The van der Waals surface area contributed by atoms with Crippen molar-refractivity contribution in [2.45, 2.75) is 57.7 Å². The van der Waals surface area contributed by atoms with Gasteiger partial charge >= 0.3 is 6.03 Å². The molecule has 0 aliphatic carbocycles. The van der Waals surface area contributed by atoms with E-state index < -0.39 is 5.54 Å². The predicted octanol–water partition coefficient (Wildman–Crippen LogP) is 0.985. The van der Waals surface area contributed by atoms with Crippen molar-refractivity contribution in [3.8, 4) is 0 Å². The van der Waals surface area contributed by atoms with Crippen LogP contribution in [0.5, 0.6) is 0 Å². The zero-order valence-corrected chi connectivity index (χ0v) is 14.8. The van der Waals surface area contributed by atoms with E-state index in [0.29, 0.717) is 19.4 Å². The fraction of sp³-hybridized carbons (Fsp3) is 0.647. The zero-order valence-electron chi connectivity index (χ0n) is 14.8. The first-order chi connectivity index (χ1) is 11.9. The van der Waals surface area contributed by atoms with Crippen LogP contribution in [0.2, 0.25) is 0 Å². The standard InChI is InChI=1S/C17H25N5O3/c1-17(2)15(24)22(16(25)19-17)11-4-7-14(23)21-10-3-6-13(21)12-20-9-5-8-18-20/h5,8-9,13H,3-4,6-7,10-12H2,1-2H3,(H,19,25). The highest BCUT2D eigenvalue weighted by molar-refractivity contribution is 6.06. The Labute approximate surface area is 147 Å². The molecule has 0 saturated carbocycles. The monoisotopic (exact) mass is 347 g/mol. The number of likely N-dealkylation sites (tertiary alicyclic amines) is 1. The molecule has 1 aromatic heterocycles. The minimum absolute atomic E-state index is 0.0842. The summed E-state index contributed by atoms with van der Waals surface area (Å²) in [4.78, 5) is 39.6. The Balaban J connectivity index is 1.49. The van der Waals surface area contributed by atoms with Gasteiger partial charge < -0.3 is 10.2 Å². The summed E-state index contributed by atoms with van der Waals surface area (Å²) in [6.45, 7) is 5.11. The van der Waals surface area contributed by atoms with Crippen LogP contribution in [0.1, 0.15) is 39.5 Å². The smallest absolute Gasteiger partial charge is 0.325 e. The molecule has 4 amide bonds. The number of rotatable bonds is 6. The minimum atomic E-state index is -0.856. The van der Waals surface area contributed by atoms with Crippen molar-refractivity contribution < 1.29 is 14.4 Å². The second-order valence-electron chi connectivity index (χ2n) is 7.23. The average molecular weight is 347 g/mol. The number of urea groups is 1. The van der Waals surface area contributed by atoms with E-state index in [2.05, 4.69) is 10.4 Å². The molecule has 1 unspecified atom stereocenters. The molecule has 0 bridgehead atoms. The van der Waals surface area contributed by atoms with E-state index in [-0.39, 0.29) is 30.4 Å². The van der Waals surface area contributed by atoms with E-state index in [1.807, 2.05) is 21.8 Å². The fourth-order valence-corrected chi connectivity index (χ4v) is 3.53. The van der Waals surface area contributed by atoms with E-state index in [4.69, 9.17) is 0 Å². The first kappa shape index (κ1) is 17.4. The number of hydrogen-bond donors (Lipinski definition) is 1. The van der Waals surface area contributed by atoms with Gasteiger partial charge in [0.1, 0.15) is 5.54 Å². The predicted molar refractivity (Wildman–Crippen MR) is 90.5 cm³/mol. The van der Waals surface area contributed by atoms with Crippen LogP contribution in [0, 0.1) is 0 Å². The molecule has 136 valence electrons. The van der Waals surface area contributed by atoms with Crippen molar-refractivity contribution >= 4 is 17.8 Å². The summed E-state index contributed by atoms with van der Waals surface area (Å²) in [5.41, 5.74) is -0.856. The van der Waals surface area contributed by atoms with E-state index in [0.717, 1.165) is 19.4 Å². The van der Waals surface area contributed by atoms with Crippen molar-refractivity contribution in [3.63, 3.8) is 0 Å². The maximum absolute atomic E-state index is 12.5. The third-order valence-corrected chi connectivity index (χ3v) is 4.87. The minimum Gasteiger partial charge on any atom is -0.338 e. The Bertz CT molecular complexity index is 655. The van der Waals surface area contributed by atoms with E-state index >= 15 is 0 Å². The van der Waals surface area contributed by atoms with Gasteiger partial charge in [-0.3, -0.25) is 19.2 Å². The van der Waals surface area contributed by atoms with Gasteiger partial charge in [0.15, 0.2) is 0 Å². The first-order valence-electron chi connectivity index (χ1n) is 8.79. The van der Waals surface area contributed by atoms with Gasteiger partial charge in [0, 0.05) is 31.9 Å². The maximum Gasteiger partial charge on any atom is 0.325 e. The lowest BCUT2D eigenvalue weighted by atomic mass is 10.1. The third kappa shape index (κ3) is 3.67. The van der Waals surface area contributed by atoms with E-state index in [1.165, 1.54) is 4.90 Å². The largest absolute Gasteiger partial charge is 0.338 e. The number of nitrogens with one attached hydrogen (secondary N) is 1. The highest BCUT2D eigenvalue weighted by atomic mass is 16.2. The Hall–Kier alpha value is -2.38. The van der Waals surface area contributed by atoms with E-state index in [9.17, 15) is 14.4 Å². The molecule has 1 N–H and O–H groups in total. The molecule has 8 nitrogen and oxygen atoms in total. The molecule has 3 heterocycles. The van der Waals surface area contributed by atoms with Crippen LogP contribution >= 0.6 is 0 Å². The van der Waals surface area contributed by atoms with Gasteiger partial charge in [0.05, 0.1) is 12.6 Å². The molecule has 0 aromatic carbocycles. The zero-order chi connectivity index (χ0) is 18.0. The number of nitrogens with zero attached hydrogens (tertiary/aromatic N) is 4. The summed E-state index contributed by atoms with van der Waals surface area (Å²) in [7, 11) is 0. The second-order valence-corrected chi connectivity index (χ2v) is 7.23. The summed E-state index contributed by atoms with van der Waals surface area (Å²) >= 11 is 0. The molecular formula is C17H25N5O3. The molecule has 0 radical (unpaired) electrons. The number of aromatic nitrogens is 2. The molecular weight excluding hydrogens is 322 g/mol. The van der Waals surface area contributed by atoms with Gasteiger partial charge in [-0.2, -0.15) is 5.10 Å². The Kier molecular flexibility index (Phi) is 4.78. The van der Waals surface area contributed by atoms with Gasteiger partial charge in [0.2, 0.25) is 5.91 Å². The summed E-state index contributed by atoms with van der Waals surface area (Å²) in [5.74, 6) is -0.149. The quantitative estimate of drug-likeness (QED) is 0.777. The molecule has 2 saturated heterocycles. The number of hydrogen-bond acceptors (Lipinski definition) is 4. The molecule has 2 fully saturated rings. The lowest BCUT2D eigenvalue weighted by Gasteiger charge is -2.25. The van der Waals surface area contributed by atoms with E-state index in [1.54, 1.807) is 20.0 Å². The van der Waals surface area contributed by atoms with Crippen LogP contribution in [0.15, 0.2) is 18.5 Å². The Morgan fingerprint density at radius 3 is 2.84 bits per heavy atom. The topological polar surface area (TPSA) is 87.5 Å². The summed E-state index contributed by atoms with van der Waals surface area (Å²) in [6.07, 6.45) is 6.44. The van der Waals surface area contributed by atoms with Crippen LogP contribution in [0.4, 0.5) is 4.79 Å². The maximum atomic E-state index is 12.5. The second kappa shape index (κ2) is 6.85. The average Bonchev–Trinajstić information content (AvgIpc) is 3.25. The lowest BCUT2D eigenvalue weighted by Crippen LogP contribution is -2.40. The van der Waals surface area contributed by atoms with Crippen LogP contribution in [-0.4, -0.2) is 62.1 Å². The number of amides is 4. The summed E-state index contributed by atoms with van der Waals surface area (Å²) < 4.78 is 1.85. The number of carbonyl (C=O) groups excluding carboxylic acids is 3. The normalized spacial score (nSPS) is 22.6. The van der Waals surface area contributed by atoms with Gasteiger partial charge in [-0.1, -0.05) is 0 Å². The molecule has 0 spiro atoms. The van der Waals surface area contributed by atoms with Crippen molar-refractivity contribution in [1.29, 1.82) is 0 Å². The SMILES string of the molecule is CC1(C)NC(=O)N(CCCC(=O)N2CCCC2Cn2cccn2)C1=O. The summed E-state index contributed by atoms with van der Waals surface area (Å²) in [5, 5.41) is 6.86. The van der Waals surface area contributed by atoms with Crippen LogP contribution in [0.3, 0.4) is 0 Å².